The maximum Gasteiger partial charge on any atom is 0.0814 e. The van der Waals surface area contributed by atoms with E-state index < -0.39 is 0 Å². The minimum atomic E-state index is 0. The topological polar surface area (TPSA) is 0 Å². The van der Waals surface area contributed by atoms with Gasteiger partial charge < -0.3 is 0 Å². The molecule has 74 valence electrons. The van der Waals surface area contributed by atoms with Gasteiger partial charge in [-0.15, -0.1) is 24.0 Å². The summed E-state index contributed by atoms with van der Waals surface area (Å²) < 4.78 is 0. The third-order valence-corrected chi connectivity index (χ3v) is 2.26. The molecule has 0 aliphatic heterocycles. The highest BCUT2D eigenvalue weighted by atomic mass is 127. The van der Waals surface area contributed by atoms with Crippen molar-refractivity contribution in [2.45, 2.75) is 13.3 Å². The molecule has 0 N–H and O–H groups in total. The molecule has 0 aromatic heterocycles. The van der Waals surface area contributed by atoms with E-state index in [1.807, 2.05) is 0 Å². The summed E-state index contributed by atoms with van der Waals surface area (Å²) in [5, 5.41) is 2.74. The third kappa shape index (κ3) is 2.50. The summed E-state index contributed by atoms with van der Waals surface area (Å²) in [5.74, 6) is 0. The van der Waals surface area contributed by atoms with E-state index in [1.54, 1.807) is 0 Å². The average molecular weight is 298 g/mol. The van der Waals surface area contributed by atoms with Crippen LogP contribution < -0.4 is 0 Å². The van der Waals surface area contributed by atoms with Crippen LogP contribution in [-0.2, 0) is 6.42 Å². The second-order valence-corrected chi connectivity index (χ2v) is 2.99. The Balaban J connectivity index is 0.000000845. The van der Waals surface area contributed by atoms with Crippen LogP contribution in [0.4, 0.5) is 0 Å². The summed E-state index contributed by atoms with van der Waals surface area (Å²) in [6.07, 6.45) is 1.11. The van der Waals surface area contributed by atoms with E-state index in [9.17, 15) is 0 Å². The molecule has 0 bridgehead atoms. The maximum absolute atomic E-state index is 2.20. The van der Waals surface area contributed by atoms with Crippen LogP contribution in [-0.4, -0.2) is 8.41 Å². The van der Waals surface area contributed by atoms with Gasteiger partial charge in [0, 0.05) is 0 Å². The first-order valence-corrected chi connectivity index (χ1v) is 4.38. The van der Waals surface area contributed by atoms with E-state index >= 15 is 0 Å². The number of rotatable bonds is 1. The van der Waals surface area contributed by atoms with Crippen LogP contribution in [0.1, 0.15) is 12.5 Å². The predicted octanol–water partition coefficient (Wildman–Crippen LogP) is 2.84. The molecule has 2 heteroatoms. The van der Waals surface area contributed by atoms with Crippen molar-refractivity contribution in [3.05, 3.63) is 48.0 Å². The molecule has 2 aromatic carbocycles. The summed E-state index contributed by atoms with van der Waals surface area (Å²) in [5.41, 5.74) is 1.44. The number of fused-ring (bicyclic) bond motifs is 1. The lowest BCUT2D eigenvalue weighted by Crippen LogP contribution is -1.81. The molecule has 0 unspecified atom stereocenters. The number of halogens is 1. The second-order valence-electron chi connectivity index (χ2n) is 2.99. The van der Waals surface area contributed by atoms with Gasteiger partial charge in [0.1, 0.15) is 0 Å². The van der Waals surface area contributed by atoms with Crippen molar-refractivity contribution in [1.29, 1.82) is 0 Å². The van der Waals surface area contributed by atoms with Gasteiger partial charge in [0.2, 0.25) is 0 Å². The highest BCUT2D eigenvalue weighted by molar-refractivity contribution is 14.0. The van der Waals surface area contributed by atoms with Crippen molar-refractivity contribution in [2.24, 2.45) is 0 Å². The summed E-state index contributed by atoms with van der Waals surface area (Å²) in [6.45, 7) is 2.20. The van der Waals surface area contributed by atoms with Crippen LogP contribution in [0.2, 0.25) is 0 Å². The van der Waals surface area contributed by atoms with Crippen LogP contribution in [0.25, 0.3) is 10.8 Å². The monoisotopic (exact) mass is 298 g/mol. The van der Waals surface area contributed by atoms with Gasteiger partial charge in [0.15, 0.2) is 0 Å². The fourth-order valence-electron chi connectivity index (χ4n) is 1.60. The van der Waals surface area contributed by atoms with E-state index in [0.29, 0.717) is 0 Å². The van der Waals surface area contributed by atoms with Crippen molar-refractivity contribution in [2.75, 3.05) is 0 Å². The number of hydrogen-bond donors (Lipinski definition) is 0. The van der Waals surface area contributed by atoms with Gasteiger partial charge in [-0.1, -0.05) is 49.4 Å². The van der Waals surface area contributed by atoms with Crippen molar-refractivity contribution in [3.63, 3.8) is 0 Å². The highest BCUT2D eigenvalue weighted by Gasteiger charge is 1.95. The van der Waals surface area contributed by atoms with E-state index in [0.717, 1.165) is 6.42 Å². The second kappa shape index (κ2) is 6.07. The summed E-state index contributed by atoms with van der Waals surface area (Å²) in [4.78, 5) is 0. The molecule has 0 atom stereocenters. The largest absolute Gasteiger partial charge is 0.107 e. The molecule has 0 saturated heterocycles. The van der Waals surface area contributed by atoms with Gasteiger partial charge >= 0.3 is 0 Å². The van der Waals surface area contributed by atoms with E-state index in [-0.39, 0.29) is 32.4 Å². The average Bonchev–Trinajstić information content (AvgIpc) is 2.17. The molecule has 0 radical (unpaired) electrons. The number of hydrogen-bond acceptors (Lipinski definition) is 0. The Labute approximate surface area is 104 Å². The van der Waals surface area contributed by atoms with Gasteiger partial charge in [-0.25, -0.2) is 0 Å². The lowest BCUT2D eigenvalue weighted by molar-refractivity contribution is 1.16. The smallest absolute Gasteiger partial charge is 0.0814 e. The molecule has 0 fully saturated rings. The first-order chi connectivity index (χ1) is 5.92. The van der Waals surface area contributed by atoms with Crippen molar-refractivity contribution >= 4 is 43.2 Å². The van der Waals surface area contributed by atoms with E-state index in [4.69, 9.17) is 0 Å². The molecule has 0 saturated carbocycles. The van der Waals surface area contributed by atoms with Crippen molar-refractivity contribution < 1.29 is 0 Å². The molecule has 0 aliphatic rings. The van der Waals surface area contributed by atoms with Gasteiger partial charge in [-0.05, 0) is 22.8 Å². The molecule has 2 rings (SSSR count). The first kappa shape index (κ1) is 13.5. The highest BCUT2D eigenvalue weighted by Crippen LogP contribution is 2.18. The fraction of sp³-hybridized carbons (Fsp3) is 0.167. The Bertz CT molecular complexity index is 393. The zero-order valence-corrected chi connectivity index (χ0v) is 9.99. The van der Waals surface area contributed by atoms with Gasteiger partial charge in [0.05, 0.1) is 8.41 Å². The minimum Gasteiger partial charge on any atom is -0.107 e. The van der Waals surface area contributed by atoms with Gasteiger partial charge in [-0.2, -0.15) is 0 Å². The molecule has 0 nitrogen and oxygen atoms in total. The number of aryl methyl sites for hydroxylation is 1. The molecular weight excluding hydrogens is 282 g/mol. The first-order valence-electron chi connectivity index (χ1n) is 4.38. The Morgan fingerprint density at radius 3 is 2.29 bits per heavy atom. The summed E-state index contributed by atoms with van der Waals surface area (Å²) >= 11 is 0. The summed E-state index contributed by atoms with van der Waals surface area (Å²) in [6, 6.07) is 15.0. The maximum atomic E-state index is 2.20. The molecule has 0 amide bonds. The van der Waals surface area contributed by atoms with Crippen LogP contribution in [0.5, 0.6) is 0 Å². The van der Waals surface area contributed by atoms with E-state index in [2.05, 4.69) is 49.4 Å². The SMILES string of the molecule is B.CCc1cccc2ccccc12.I. The standard InChI is InChI=1S/C12H12.BH3.HI/c1-2-10-7-5-8-11-6-3-4-9-12(10)11;;/h3-9H,2H2,1H3;1H3;1H. The van der Waals surface area contributed by atoms with E-state index in [1.165, 1.54) is 16.3 Å². The van der Waals surface area contributed by atoms with Crippen LogP contribution in [0, 0.1) is 0 Å². The molecular formula is C12H16BI. The molecule has 0 heterocycles. The fourth-order valence-corrected chi connectivity index (χ4v) is 1.60. The van der Waals surface area contributed by atoms with Crippen molar-refractivity contribution in [3.8, 4) is 0 Å². The molecule has 14 heavy (non-hydrogen) atoms. The zero-order chi connectivity index (χ0) is 8.39. The quantitative estimate of drug-likeness (QED) is 0.561. The Kier molecular flexibility index (Phi) is 5.85. The Morgan fingerprint density at radius 1 is 0.929 bits per heavy atom. The normalized spacial score (nSPS) is 8.93. The predicted molar refractivity (Wildman–Crippen MR) is 78.7 cm³/mol. The van der Waals surface area contributed by atoms with Gasteiger partial charge in [0.25, 0.3) is 0 Å². The van der Waals surface area contributed by atoms with Crippen LogP contribution in [0.15, 0.2) is 42.5 Å². The zero-order valence-electron chi connectivity index (χ0n) is 7.66. The minimum absolute atomic E-state index is 0. The lowest BCUT2D eigenvalue weighted by Gasteiger charge is -2.02. The third-order valence-electron chi connectivity index (χ3n) is 2.26. The molecule has 0 aliphatic carbocycles. The lowest BCUT2D eigenvalue weighted by atomic mass is 10.0. The number of benzene rings is 2. The van der Waals surface area contributed by atoms with Crippen LogP contribution >= 0.6 is 24.0 Å². The summed E-state index contributed by atoms with van der Waals surface area (Å²) in [7, 11) is 0. The Morgan fingerprint density at radius 2 is 1.57 bits per heavy atom. The molecule has 0 spiro atoms. The van der Waals surface area contributed by atoms with Crippen molar-refractivity contribution in [1.82, 2.24) is 0 Å². The Hall–Kier alpha value is -0.505. The van der Waals surface area contributed by atoms with Crippen LogP contribution in [0.3, 0.4) is 0 Å². The molecule has 2 aromatic rings. The van der Waals surface area contributed by atoms with Gasteiger partial charge in [-0.3, -0.25) is 0 Å².